The van der Waals surface area contributed by atoms with Crippen LogP contribution in [0.25, 0.3) is 0 Å². The Kier molecular flexibility index (Phi) is 6.66. The number of para-hydroxylation sites is 1. The number of hydrogen-bond donors (Lipinski definition) is 3. The first-order valence-corrected chi connectivity index (χ1v) is 9.43. The molecule has 0 bridgehead atoms. The molecule has 154 valence electrons. The predicted molar refractivity (Wildman–Crippen MR) is 106 cm³/mol. The van der Waals surface area contributed by atoms with Crippen molar-refractivity contribution in [3.63, 3.8) is 0 Å². The minimum absolute atomic E-state index is 0.0188. The van der Waals surface area contributed by atoms with Crippen LogP contribution >= 0.6 is 0 Å². The summed E-state index contributed by atoms with van der Waals surface area (Å²) in [6.45, 7) is 0.920. The smallest absolute Gasteiger partial charge is 0.326 e. The first kappa shape index (κ1) is 20.6. The Hall–Kier alpha value is -3.13. The van der Waals surface area contributed by atoms with Gasteiger partial charge in [-0.05, 0) is 30.3 Å². The van der Waals surface area contributed by atoms with Crippen molar-refractivity contribution in [2.45, 2.75) is 18.9 Å². The topological polar surface area (TPSA) is 81.1 Å². The second-order valence-electron chi connectivity index (χ2n) is 6.87. The molecule has 0 aromatic heterocycles. The highest BCUT2D eigenvalue weighted by atomic mass is 19.1. The minimum atomic E-state index is -0.755. The van der Waals surface area contributed by atoms with Gasteiger partial charge in [0.2, 0.25) is 0 Å². The van der Waals surface area contributed by atoms with Crippen molar-refractivity contribution in [3.05, 3.63) is 53.8 Å². The largest absolute Gasteiger partial charge is 0.497 e. The van der Waals surface area contributed by atoms with E-state index in [2.05, 4.69) is 10.6 Å². The number of hydrogen-bond acceptors (Lipinski definition) is 4. The van der Waals surface area contributed by atoms with Gasteiger partial charge in [0.05, 0.1) is 32.0 Å². The number of benzene rings is 2. The Labute approximate surface area is 168 Å². The fraction of sp³-hybridized carbons (Fsp3) is 0.333. The molecular weight excluding hydrogens is 377 g/mol. The lowest BCUT2D eigenvalue weighted by Gasteiger charge is -2.23. The first-order chi connectivity index (χ1) is 14.0. The molecule has 2 aromatic carbocycles. The van der Waals surface area contributed by atoms with Crippen LogP contribution in [0, 0.1) is 5.82 Å². The van der Waals surface area contributed by atoms with Crippen molar-refractivity contribution in [1.82, 2.24) is 5.32 Å². The van der Waals surface area contributed by atoms with Crippen molar-refractivity contribution in [3.8, 4) is 11.5 Å². The van der Waals surface area contributed by atoms with Gasteiger partial charge in [0, 0.05) is 12.8 Å². The molecule has 8 heteroatoms. The Morgan fingerprint density at radius 1 is 1.17 bits per heavy atom. The molecule has 1 saturated heterocycles. The summed E-state index contributed by atoms with van der Waals surface area (Å²) < 4.78 is 24.4. The molecule has 1 aliphatic heterocycles. The van der Waals surface area contributed by atoms with Crippen LogP contribution in [0.1, 0.15) is 24.4 Å². The van der Waals surface area contributed by atoms with E-state index in [9.17, 15) is 14.0 Å². The van der Waals surface area contributed by atoms with Gasteiger partial charge in [-0.25, -0.2) is 9.18 Å². The Bertz CT molecular complexity index is 890. The van der Waals surface area contributed by atoms with E-state index in [4.69, 9.17) is 9.47 Å². The molecule has 2 aromatic rings. The number of carbonyl (C=O) groups is 2. The molecule has 1 unspecified atom stereocenters. The fourth-order valence-corrected chi connectivity index (χ4v) is 3.70. The molecule has 0 aliphatic carbocycles. The zero-order valence-corrected chi connectivity index (χ0v) is 16.5. The summed E-state index contributed by atoms with van der Waals surface area (Å²) in [4.78, 5) is 25.5. The molecule has 1 fully saturated rings. The molecular formula is C21H25FN3O4+. The van der Waals surface area contributed by atoms with E-state index >= 15 is 0 Å². The number of quaternary nitrogens is 1. The Morgan fingerprint density at radius 3 is 2.69 bits per heavy atom. The lowest BCUT2D eigenvalue weighted by Crippen LogP contribution is -3.11. The van der Waals surface area contributed by atoms with E-state index in [1.54, 1.807) is 20.3 Å². The maximum atomic E-state index is 13.6. The summed E-state index contributed by atoms with van der Waals surface area (Å²) in [6, 6.07) is 10.7. The predicted octanol–water partition coefficient (Wildman–Crippen LogP) is 1.91. The molecule has 29 heavy (non-hydrogen) atoms. The van der Waals surface area contributed by atoms with Crippen LogP contribution in [0.4, 0.5) is 14.9 Å². The average molecular weight is 402 g/mol. The van der Waals surface area contributed by atoms with Gasteiger partial charge in [0.15, 0.2) is 6.54 Å². The number of likely N-dealkylation sites (tertiary alicyclic amines) is 1. The summed E-state index contributed by atoms with van der Waals surface area (Å²) in [6.07, 6.45) is 1.85. The highest BCUT2D eigenvalue weighted by Gasteiger charge is 2.34. The maximum Gasteiger partial charge on any atom is 0.326 e. The Balaban J connectivity index is 1.64. The van der Waals surface area contributed by atoms with E-state index in [-0.39, 0.29) is 18.3 Å². The van der Waals surface area contributed by atoms with Crippen LogP contribution in [-0.2, 0) is 4.79 Å². The van der Waals surface area contributed by atoms with Crippen molar-refractivity contribution in [2.24, 2.45) is 0 Å². The average Bonchev–Trinajstić information content (AvgIpc) is 3.16. The molecule has 1 heterocycles. The number of ether oxygens (including phenoxy) is 2. The van der Waals surface area contributed by atoms with Crippen molar-refractivity contribution >= 4 is 17.6 Å². The van der Waals surface area contributed by atoms with Gasteiger partial charge in [0.25, 0.3) is 5.91 Å². The number of urea groups is 1. The monoisotopic (exact) mass is 402 g/mol. The van der Waals surface area contributed by atoms with Gasteiger partial charge >= 0.3 is 6.03 Å². The minimum Gasteiger partial charge on any atom is -0.497 e. The molecule has 2 atom stereocenters. The molecule has 3 amide bonds. The third kappa shape index (κ3) is 5.03. The third-order valence-corrected chi connectivity index (χ3v) is 5.06. The molecule has 3 rings (SSSR count). The molecule has 3 N–H and O–H groups in total. The second kappa shape index (κ2) is 9.38. The normalized spacial score (nSPS) is 18.2. The van der Waals surface area contributed by atoms with Gasteiger partial charge < -0.3 is 19.7 Å². The van der Waals surface area contributed by atoms with Crippen LogP contribution in [0.5, 0.6) is 11.5 Å². The number of nitrogens with one attached hydrogen (secondary N) is 3. The Morgan fingerprint density at radius 2 is 1.97 bits per heavy atom. The van der Waals surface area contributed by atoms with Crippen molar-refractivity contribution in [2.75, 3.05) is 32.6 Å². The van der Waals surface area contributed by atoms with Crippen LogP contribution in [0.3, 0.4) is 0 Å². The van der Waals surface area contributed by atoms with Crippen molar-refractivity contribution in [1.29, 1.82) is 0 Å². The zero-order chi connectivity index (χ0) is 20.8. The summed E-state index contributed by atoms with van der Waals surface area (Å²) >= 11 is 0. The summed E-state index contributed by atoms with van der Waals surface area (Å²) in [5, 5.41) is 4.62. The highest BCUT2D eigenvalue weighted by molar-refractivity contribution is 6.01. The number of carbonyl (C=O) groups excluding carboxylic acids is 2. The molecule has 0 radical (unpaired) electrons. The lowest BCUT2D eigenvalue weighted by molar-refractivity contribution is -0.910. The number of imide groups is 1. The van der Waals surface area contributed by atoms with Gasteiger partial charge in [0.1, 0.15) is 23.4 Å². The van der Waals surface area contributed by atoms with Gasteiger partial charge in [-0.15, -0.1) is 0 Å². The van der Waals surface area contributed by atoms with Crippen LogP contribution in [-0.4, -0.2) is 39.2 Å². The number of amides is 3. The van der Waals surface area contributed by atoms with E-state index in [0.717, 1.165) is 41.3 Å². The van der Waals surface area contributed by atoms with Crippen molar-refractivity contribution < 1.29 is 28.4 Å². The van der Waals surface area contributed by atoms with Crippen LogP contribution in [0.2, 0.25) is 0 Å². The van der Waals surface area contributed by atoms with Crippen LogP contribution in [0.15, 0.2) is 42.5 Å². The van der Waals surface area contributed by atoms with Crippen LogP contribution < -0.4 is 25.0 Å². The quantitative estimate of drug-likeness (QED) is 0.690. The number of methoxy groups -OCH3 is 2. The standard InChI is InChI=1S/C21H24FN3O4/c1-28-14-9-10-19(29-2)15(12-14)18-8-5-11-25(18)13-20(26)24-21(27)23-17-7-4-3-6-16(17)22/h3-4,6-7,9-10,12,18H,5,8,11,13H2,1-2H3,(H2,23,24,26,27)/p+1/t18-/m1/s1. The summed E-state index contributed by atoms with van der Waals surface area (Å²) in [5.41, 5.74) is 0.994. The third-order valence-electron chi connectivity index (χ3n) is 5.06. The molecule has 1 aliphatic rings. The van der Waals surface area contributed by atoms with Gasteiger partial charge in [-0.1, -0.05) is 12.1 Å². The zero-order valence-electron chi connectivity index (χ0n) is 16.5. The van der Waals surface area contributed by atoms with E-state index in [0.29, 0.717) is 0 Å². The molecule has 0 spiro atoms. The lowest BCUT2D eigenvalue weighted by atomic mass is 10.0. The molecule has 0 saturated carbocycles. The first-order valence-electron chi connectivity index (χ1n) is 9.43. The summed E-state index contributed by atoms with van der Waals surface area (Å²) in [5.74, 6) is 0.474. The second-order valence-corrected chi connectivity index (χ2v) is 6.87. The summed E-state index contributed by atoms with van der Waals surface area (Å²) in [7, 11) is 3.21. The van der Waals surface area contributed by atoms with Gasteiger partial charge in [-0.2, -0.15) is 0 Å². The van der Waals surface area contributed by atoms with E-state index in [1.165, 1.54) is 18.2 Å². The number of rotatable bonds is 6. The van der Waals surface area contributed by atoms with E-state index < -0.39 is 17.8 Å². The van der Waals surface area contributed by atoms with Gasteiger partial charge in [-0.3, -0.25) is 10.1 Å². The number of halogens is 1. The fourth-order valence-electron chi connectivity index (χ4n) is 3.70. The SMILES string of the molecule is COc1ccc(OC)c([C@H]2CCC[NH+]2CC(=O)NC(=O)Nc2ccccc2F)c1. The van der Waals surface area contributed by atoms with E-state index in [1.807, 2.05) is 18.2 Å². The highest BCUT2D eigenvalue weighted by Crippen LogP contribution is 2.31. The molecule has 7 nitrogen and oxygen atoms in total. The maximum absolute atomic E-state index is 13.6. The number of anilines is 1.